The Labute approximate surface area is 634 Å². The monoisotopic (exact) mass is 1570 g/mol. The average Bonchev–Trinajstić information content (AvgIpc) is 0.802. The fourth-order valence-corrected chi connectivity index (χ4v) is 11.8. The fraction of sp³-hybridized carbons (Fsp3) is 0.160. The molecule has 6 amide bonds. The van der Waals surface area contributed by atoms with Crippen molar-refractivity contribution in [1.82, 2.24) is 29.9 Å². The molecule has 3 aliphatic heterocycles. The second kappa shape index (κ2) is 34.8. The zero-order valence-corrected chi connectivity index (χ0v) is 59.3. The summed E-state index contributed by atoms with van der Waals surface area (Å²) in [5, 5.41) is 14.1. The maximum Gasteiger partial charge on any atom is 0.323 e. The molecule has 0 saturated carbocycles. The number of fused-ring (bicyclic) bond motifs is 3. The van der Waals surface area contributed by atoms with E-state index in [2.05, 4.69) is 66.7 Å². The summed E-state index contributed by atoms with van der Waals surface area (Å²) in [6.45, 7) is 7.58. The minimum atomic E-state index is -1.55. The van der Waals surface area contributed by atoms with Crippen molar-refractivity contribution in [3.05, 3.63) is 232 Å². The second-order valence-electron chi connectivity index (χ2n) is 24.0. The van der Waals surface area contributed by atoms with E-state index in [9.17, 15) is 45.1 Å². The fourth-order valence-electron chi connectivity index (χ4n) is 11.1. The summed E-state index contributed by atoms with van der Waals surface area (Å²) in [4.78, 5) is 70.1. The molecule has 9 aromatic carbocycles. The van der Waals surface area contributed by atoms with Crippen LogP contribution in [0.3, 0.4) is 0 Å². The molecule has 3 aromatic heterocycles. The molecule has 0 bridgehead atoms. The van der Waals surface area contributed by atoms with Crippen molar-refractivity contribution in [1.29, 1.82) is 0 Å². The molecule has 35 heteroatoms. The van der Waals surface area contributed by atoms with Gasteiger partial charge in [0.25, 0.3) is 0 Å². The minimum absolute atomic E-state index is 0.00124. The lowest BCUT2D eigenvalue weighted by molar-refractivity contribution is 0.122. The highest BCUT2D eigenvalue weighted by Crippen LogP contribution is 2.42. The van der Waals surface area contributed by atoms with E-state index in [-0.39, 0.29) is 55.8 Å². The molecule has 12 aromatic rings. The van der Waals surface area contributed by atoms with Gasteiger partial charge in [0.2, 0.25) is 17.4 Å². The van der Waals surface area contributed by atoms with Gasteiger partial charge in [-0.1, -0.05) is 53.0 Å². The van der Waals surface area contributed by atoms with Crippen LogP contribution in [0.5, 0.6) is 34.5 Å². The zero-order valence-electron chi connectivity index (χ0n) is 57.0. The van der Waals surface area contributed by atoms with Gasteiger partial charge < -0.3 is 75.0 Å². The maximum atomic E-state index is 15.1. The van der Waals surface area contributed by atoms with Crippen molar-refractivity contribution in [3.63, 3.8) is 0 Å². The van der Waals surface area contributed by atoms with Crippen LogP contribution in [0, 0.1) is 46.5 Å². The number of amides is 6. The predicted molar refractivity (Wildman–Crippen MR) is 399 cm³/mol. The average molecular weight is 1570 g/mol. The van der Waals surface area contributed by atoms with Gasteiger partial charge in [-0.15, -0.1) is 0 Å². The number of nitrogens with zero attached hydrogens (tertiary/aromatic N) is 9. The van der Waals surface area contributed by atoms with Gasteiger partial charge in [0.05, 0.1) is 108 Å². The molecule has 3 aliphatic rings. The Kier molecular flexibility index (Phi) is 24.0. The highest BCUT2D eigenvalue weighted by molar-refractivity contribution is 6.36. The lowest BCUT2D eigenvalue weighted by Crippen LogP contribution is -2.36. The van der Waals surface area contributed by atoms with Gasteiger partial charge in [0.15, 0.2) is 34.8 Å². The molecule has 0 aliphatic carbocycles. The van der Waals surface area contributed by atoms with E-state index in [0.29, 0.717) is 146 Å². The lowest BCUT2D eigenvalue weighted by Gasteiger charge is -2.27. The molecule has 3 fully saturated rings. The Morgan fingerprint density at radius 2 is 0.727 bits per heavy atom. The van der Waals surface area contributed by atoms with Crippen LogP contribution in [-0.4, -0.2) is 127 Å². The van der Waals surface area contributed by atoms with Crippen molar-refractivity contribution >= 4 is 138 Å². The summed E-state index contributed by atoms with van der Waals surface area (Å²) < 4.78 is 147. The molecule has 110 heavy (non-hydrogen) atoms. The molecule has 0 atom stereocenters. The Balaban J connectivity index is 0.000000145. The van der Waals surface area contributed by atoms with Gasteiger partial charge in [-0.25, -0.2) is 55.7 Å². The molecular formula is C75H58Cl3F8N15O9. The second-order valence-corrected chi connectivity index (χ2v) is 25.2. The highest BCUT2D eigenvalue weighted by Gasteiger charge is 2.26. The first-order valence-corrected chi connectivity index (χ1v) is 34.5. The van der Waals surface area contributed by atoms with Crippen LogP contribution >= 0.6 is 34.8 Å². The summed E-state index contributed by atoms with van der Waals surface area (Å²) in [6, 6.07) is 32.1. The van der Waals surface area contributed by atoms with Crippen molar-refractivity contribution < 1.29 is 77.9 Å². The van der Waals surface area contributed by atoms with E-state index >= 15 is 4.39 Å². The van der Waals surface area contributed by atoms with Gasteiger partial charge in [-0.05, 0) is 103 Å². The van der Waals surface area contributed by atoms with Crippen LogP contribution < -0.4 is 60.8 Å². The Bertz CT molecular complexity index is 5230. The normalized spacial score (nSPS) is 13.5. The van der Waals surface area contributed by atoms with Crippen molar-refractivity contribution in [2.45, 2.75) is 0 Å². The molecule has 0 unspecified atom stereocenters. The Hall–Kier alpha value is -12.2. The van der Waals surface area contributed by atoms with E-state index in [1.165, 1.54) is 72.8 Å². The van der Waals surface area contributed by atoms with Crippen molar-refractivity contribution in [3.8, 4) is 34.5 Å². The maximum absolute atomic E-state index is 15.1. The number of benzene rings is 9. The molecule has 6 N–H and O–H groups in total. The van der Waals surface area contributed by atoms with Crippen LogP contribution in [-0.2, 0) is 14.2 Å². The van der Waals surface area contributed by atoms with Gasteiger partial charge in [-0.3, -0.25) is 15.0 Å². The Morgan fingerprint density at radius 3 is 1.16 bits per heavy atom. The zero-order chi connectivity index (χ0) is 77.0. The number of urea groups is 3. The van der Waals surface area contributed by atoms with Gasteiger partial charge in [0, 0.05) is 91.7 Å². The molecule has 6 heterocycles. The van der Waals surface area contributed by atoms with Crippen LogP contribution in [0.1, 0.15) is 0 Å². The van der Waals surface area contributed by atoms with E-state index < -0.39 is 81.8 Å². The number of rotatable bonds is 15. The summed E-state index contributed by atoms with van der Waals surface area (Å²) in [5.41, 5.74) is 3.17. The summed E-state index contributed by atoms with van der Waals surface area (Å²) in [7, 11) is 0. The number of hydrogen-bond donors (Lipinski definition) is 6. The quantitative estimate of drug-likeness (QED) is 0.0411. The third-order valence-electron chi connectivity index (χ3n) is 16.4. The molecule has 0 spiro atoms. The SMILES string of the molecule is O=C(Nc1cccc(Cl)c1)Nc1cc(F)c(F)c(Oc2ccc3ncc(N4CCOCC4)nc3c2)c1F.O=C(Nc1cccc(F)c1)Nc1cc(F)c(F)c(Oc2ccc3ncc(N4CCOCC4)nc3c2)c1Cl.O=C(Nc1cccc(F)c1)Nc1ccc(F)c(Oc2ccc3ncc(N4CCOCC4)nc3c2)c1Cl. The number of morpholine rings is 3. The summed E-state index contributed by atoms with van der Waals surface area (Å²) in [5.74, 6) is -8.18. The largest absolute Gasteiger partial charge is 0.453 e. The molecule has 3 saturated heterocycles. The molecular weight excluding hydrogens is 1510 g/mol. The number of ether oxygens (including phenoxy) is 6. The van der Waals surface area contributed by atoms with Crippen molar-refractivity contribution in [2.75, 3.05) is 126 Å². The van der Waals surface area contributed by atoms with E-state index in [1.807, 2.05) is 9.80 Å². The van der Waals surface area contributed by atoms with Gasteiger partial charge in [-0.2, -0.15) is 8.78 Å². The smallest absolute Gasteiger partial charge is 0.323 e. The lowest BCUT2D eigenvalue weighted by atomic mass is 10.2. The van der Waals surface area contributed by atoms with Gasteiger partial charge in [0.1, 0.15) is 56.4 Å². The molecule has 24 nitrogen and oxygen atoms in total. The van der Waals surface area contributed by atoms with Gasteiger partial charge >= 0.3 is 18.1 Å². The first-order chi connectivity index (χ1) is 53.2. The number of hydrogen-bond acceptors (Lipinski definition) is 18. The van der Waals surface area contributed by atoms with Crippen LogP contribution in [0.15, 0.2) is 170 Å². The number of halogens is 11. The van der Waals surface area contributed by atoms with E-state index in [0.717, 1.165) is 24.3 Å². The summed E-state index contributed by atoms with van der Waals surface area (Å²) in [6.07, 6.45) is 4.99. The Morgan fingerprint density at radius 1 is 0.355 bits per heavy atom. The van der Waals surface area contributed by atoms with E-state index in [4.69, 9.17) is 63.2 Å². The molecule has 15 rings (SSSR count). The number of aromatic nitrogens is 6. The standard InChI is InChI=1S/2C25H19ClF3N5O3.C25H20ClF2N5O3/c26-22-20(33-25(35)31-15-3-1-2-14(27)10-15)12-17(28)23(29)24(22)37-16-4-5-18-19(11-16)32-21(13-30-18)34-6-8-36-9-7-34;26-14-2-1-3-15(10-14)31-25(35)33-20-12-17(27)22(28)24(23(20)29)37-16-4-5-18-19(11-16)32-21(13-30-18)34-6-8-36-9-7-34;26-23-20(32-25(34)30-16-3-1-2-15(27)12-16)7-5-18(28)24(23)36-17-4-6-19-21(13-17)31-22(14-29-19)33-8-10-35-11-9-33/h2*1-5,10-13H,6-9H2,(H2,31,33,35);1-7,12-14H,8-11H2,(H2,30,32,34). The number of carbonyl (C=O) groups is 3. The van der Waals surface area contributed by atoms with Crippen LogP contribution in [0.25, 0.3) is 33.1 Å². The third kappa shape index (κ3) is 19.0. The number of anilines is 9. The van der Waals surface area contributed by atoms with Crippen LogP contribution in [0.2, 0.25) is 15.1 Å². The first kappa shape index (κ1) is 76.0. The predicted octanol–water partition coefficient (Wildman–Crippen LogP) is 17.8. The topological polar surface area (TPSA) is 266 Å². The van der Waals surface area contributed by atoms with E-state index in [1.54, 1.807) is 67.1 Å². The van der Waals surface area contributed by atoms with Crippen LogP contribution in [0.4, 0.5) is 101 Å². The molecule has 0 radical (unpaired) electrons. The third-order valence-corrected chi connectivity index (χ3v) is 17.4. The summed E-state index contributed by atoms with van der Waals surface area (Å²) >= 11 is 18.5. The van der Waals surface area contributed by atoms with Crippen molar-refractivity contribution in [2.24, 2.45) is 0 Å². The number of carbonyl (C=O) groups excluding carboxylic acids is 3. The molecule has 564 valence electrons. The minimum Gasteiger partial charge on any atom is -0.453 e. The highest BCUT2D eigenvalue weighted by atomic mass is 35.5. The first-order valence-electron chi connectivity index (χ1n) is 33.4. The number of nitrogens with one attached hydrogen (secondary N) is 6.